The first-order chi connectivity index (χ1) is 13.1. The van der Waals surface area contributed by atoms with Crippen LogP contribution in [0.5, 0.6) is 0 Å². The van der Waals surface area contributed by atoms with Gasteiger partial charge in [0.1, 0.15) is 5.82 Å². The Kier molecular flexibility index (Phi) is 3.74. The maximum Gasteiger partial charge on any atom is 0.192 e. The molecule has 1 saturated heterocycles. The van der Waals surface area contributed by atoms with E-state index in [9.17, 15) is 0 Å². The molecule has 0 unspecified atom stereocenters. The lowest BCUT2D eigenvalue weighted by Crippen LogP contribution is -2.23. The summed E-state index contributed by atoms with van der Waals surface area (Å²) < 4.78 is 13.9. The monoisotopic (exact) mass is 359 g/mol. The van der Waals surface area contributed by atoms with Crippen LogP contribution in [0.3, 0.4) is 0 Å². The summed E-state index contributed by atoms with van der Waals surface area (Å²) >= 11 is 0. The van der Waals surface area contributed by atoms with Gasteiger partial charge in [0.05, 0.1) is 36.9 Å². The molecule has 5 nitrogen and oxygen atoms in total. The van der Waals surface area contributed by atoms with Crippen LogP contribution in [0.25, 0.3) is 5.69 Å². The van der Waals surface area contributed by atoms with Crippen molar-refractivity contribution < 1.29 is 9.47 Å². The topological polar surface area (TPSA) is 48.6 Å². The second-order valence-corrected chi connectivity index (χ2v) is 7.07. The van der Waals surface area contributed by atoms with Gasteiger partial charge in [-0.15, -0.1) is 0 Å². The van der Waals surface area contributed by atoms with Gasteiger partial charge in [0.25, 0.3) is 0 Å². The molecule has 0 atom stereocenters. The van der Waals surface area contributed by atoms with Gasteiger partial charge in [0.2, 0.25) is 0 Å². The van der Waals surface area contributed by atoms with Crippen LogP contribution in [0.4, 0.5) is 0 Å². The van der Waals surface area contributed by atoms with Gasteiger partial charge >= 0.3 is 0 Å². The minimum atomic E-state index is -0.711. The number of aliphatic imine (C=N–C) groups is 1. The molecule has 3 aromatic rings. The Hall–Kier alpha value is -2.76. The average molecular weight is 359 g/mol. The SMILES string of the molecule is Cc1cn2c(n1)CN=C(c1ccccc1)c1cc(C3(C)OCCO3)ccc1-2. The number of rotatable bonds is 2. The molecule has 1 aromatic heterocycles. The predicted octanol–water partition coefficient (Wildman–Crippen LogP) is 3.75. The molecule has 27 heavy (non-hydrogen) atoms. The first kappa shape index (κ1) is 16.4. The van der Waals surface area contributed by atoms with Crippen molar-refractivity contribution in [1.82, 2.24) is 9.55 Å². The highest BCUT2D eigenvalue weighted by molar-refractivity contribution is 6.15. The molecule has 0 N–H and O–H groups in total. The normalized spacial score (nSPS) is 17.8. The first-order valence-electron chi connectivity index (χ1n) is 9.22. The number of hydrogen-bond donors (Lipinski definition) is 0. The summed E-state index contributed by atoms with van der Waals surface area (Å²) in [5.74, 6) is 0.239. The second kappa shape index (κ2) is 6.15. The molecule has 2 aromatic carbocycles. The predicted molar refractivity (Wildman–Crippen MR) is 103 cm³/mol. The van der Waals surface area contributed by atoms with E-state index in [0.29, 0.717) is 19.8 Å². The summed E-state index contributed by atoms with van der Waals surface area (Å²) in [7, 11) is 0. The van der Waals surface area contributed by atoms with Crippen LogP contribution in [0.2, 0.25) is 0 Å². The quantitative estimate of drug-likeness (QED) is 0.700. The van der Waals surface area contributed by atoms with Crippen molar-refractivity contribution in [3.63, 3.8) is 0 Å². The third-order valence-corrected chi connectivity index (χ3v) is 5.20. The largest absolute Gasteiger partial charge is 0.344 e. The molecule has 0 bridgehead atoms. The van der Waals surface area contributed by atoms with Crippen molar-refractivity contribution in [2.75, 3.05) is 13.2 Å². The highest BCUT2D eigenvalue weighted by Crippen LogP contribution is 2.34. The van der Waals surface area contributed by atoms with Gasteiger partial charge in [0.15, 0.2) is 5.79 Å². The molecule has 0 spiro atoms. The standard InChI is InChI=1S/C22H21N3O2/c1-15-14-25-19-9-8-17(22(2)26-10-11-27-22)12-18(19)21(23-13-20(25)24-15)16-6-4-3-5-7-16/h3-9,12,14H,10-11,13H2,1-2H3. The fourth-order valence-corrected chi connectivity index (χ4v) is 3.84. The van der Waals surface area contributed by atoms with Crippen LogP contribution in [-0.2, 0) is 21.8 Å². The number of benzene rings is 2. The zero-order valence-electron chi connectivity index (χ0n) is 15.5. The van der Waals surface area contributed by atoms with E-state index in [0.717, 1.165) is 39.6 Å². The number of aromatic nitrogens is 2. The van der Waals surface area contributed by atoms with E-state index in [-0.39, 0.29) is 0 Å². The summed E-state index contributed by atoms with van der Waals surface area (Å²) in [5.41, 5.74) is 6.20. The van der Waals surface area contributed by atoms with Gasteiger partial charge in [-0.25, -0.2) is 4.98 Å². The van der Waals surface area contributed by atoms with Crippen molar-refractivity contribution in [1.29, 1.82) is 0 Å². The molecular weight excluding hydrogens is 338 g/mol. The number of ether oxygens (including phenoxy) is 2. The van der Waals surface area contributed by atoms with Gasteiger partial charge in [-0.05, 0) is 26.0 Å². The Morgan fingerprint density at radius 2 is 1.81 bits per heavy atom. The van der Waals surface area contributed by atoms with Crippen molar-refractivity contribution in [3.8, 4) is 5.69 Å². The fraction of sp³-hybridized carbons (Fsp3) is 0.273. The lowest BCUT2D eigenvalue weighted by molar-refractivity contribution is -0.149. The molecular formula is C22H21N3O2. The molecule has 1 fully saturated rings. The number of fused-ring (bicyclic) bond motifs is 3. The molecule has 5 heteroatoms. The van der Waals surface area contributed by atoms with Crippen LogP contribution in [0.1, 0.15) is 35.1 Å². The maximum atomic E-state index is 5.88. The maximum absolute atomic E-state index is 5.88. The van der Waals surface area contributed by atoms with Gasteiger partial charge in [-0.1, -0.05) is 36.4 Å². The Morgan fingerprint density at radius 1 is 1.04 bits per heavy atom. The summed E-state index contributed by atoms with van der Waals surface area (Å²) in [6, 6.07) is 16.6. The summed E-state index contributed by atoms with van der Waals surface area (Å²) in [4.78, 5) is 9.59. The van der Waals surface area contributed by atoms with E-state index in [1.807, 2.05) is 32.0 Å². The lowest BCUT2D eigenvalue weighted by atomic mass is 9.96. The number of imidazole rings is 1. The molecule has 0 aliphatic carbocycles. The average Bonchev–Trinajstić information content (AvgIpc) is 3.26. The molecule has 0 amide bonds. The lowest BCUT2D eigenvalue weighted by Gasteiger charge is -2.24. The van der Waals surface area contributed by atoms with Crippen molar-refractivity contribution >= 4 is 5.71 Å². The Balaban J connectivity index is 1.73. The van der Waals surface area contributed by atoms with Crippen LogP contribution in [0, 0.1) is 6.92 Å². The highest BCUT2D eigenvalue weighted by Gasteiger charge is 2.34. The van der Waals surface area contributed by atoms with E-state index < -0.39 is 5.79 Å². The molecule has 2 aliphatic heterocycles. The Labute approximate surface area is 158 Å². The first-order valence-corrected chi connectivity index (χ1v) is 9.22. The van der Waals surface area contributed by atoms with Gasteiger partial charge in [-0.3, -0.25) is 4.99 Å². The smallest absolute Gasteiger partial charge is 0.192 e. The summed E-state index contributed by atoms with van der Waals surface area (Å²) in [6.45, 7) is 5.76. The van der Waals surface area contributed by atoms with Crippen LogP contribution in [-0.4, -0.2) is 28.5 Å². The zero-order valence-corrected chi connectivity index (χ0v) is 15.5. The molecule has 2 aliphatic rings. The third kappa shape index (κ3) is 2.71. The van der Waals surface area contributed by atoms with E-state index in [1.54, 1.807) is 0 Å². The number of nitrogens with zero attached hydrogens (tertiary/aromatic N) is 3. The third-order valence-electron chi connectivity index (χ3n) is 5.20. The molecule has 3 heterocycles. The van der Waals surface area contributed by atoms with E-state index >= 15 is 0 Å². The zero-order chi connectivity index (χ0) is 18.4. The summed E-state index contributed by atoms with van der Waals surface area (Å²) in [6.07, 6.45) is 2.07. The van der Waals surface area contributed by atoms with E-state index in [1.165, 1.54) is 0 Å². The van der Waals surface area contributed by atoms with Crippen molar-refractivity contribution in [3.05, 3.63) is 82.9 Å². The van der Waals surface area contributed by atoms with E-state index in [2.05, 4.69) is 46.1 Å². The van der Waals surface area contributed by atoms with Gasteiger partial charge in [-0.2, -0.15) is 0 Å². The number of aryl methyl sites for hydroxylation is 1. The van der Waals surface area contributed by atoms with Crippen LogP contribution in [0.15, 0.2) is 59.7 Å². The van der Waals surface area contributed by atoms with E-state index in [4.69, 9.17) is 14.5 Å². The van der Waals surface area contributed by atoms with Crippen LogP contribution < -0.4 is 0 Å². The number of hydrogen-bond acceptors (Lipinski definition) is 4. The van der Waals surface area contributed by atoms with Gasteiger partial charge < -0.3 is 14.0 Å². The van der Waals surface area contributed by atoms with Crippen molar-refractivity contribution in [2.24, 2.45) is 4.99 Å². The molecule has 0 saturated carbocycles. The highest BCUT2D eigenvalue weighted by atomic mass is 16.7. The Bertz CT molecular complexity index is 1030. The molecule has 0 radical (unpaired) electrons. The van der Waals surface area contributed by atoms with Gasteiger partial charge in [0, 0.05) is 22.9 Å². The minimum Gasteiger partial charge on any atom is -0.344 e. The molecule has 5 rings (SSSR count). The van der Waals surface area contributed by atoms with Crippen LogP contribution >= 0.6 is 0 Å². The minimum absolute atomic E-state index is 0.548. The Morgan fingerprint density at radius 3 is 2.59 bits per heavy atom. The van der Waals surface area contributed by atoms with Crippen molar-refractivity contribution in [2.45, 2.75) is 26.2 Å². The molecule has 136 valence electrons. The fourth-order valence-electron chi connectivity index (χ4n) is 3.84. The second-order valence-electron chi connectivity index (χ2n) is 7.07. The summed E-state index contributed by atoms with van der Waals surface area (Å²) in [5, 5.41) is 0.